The van der Waals surface area contributed by atoms with Crippen molar-refractivity contribution in [2.75, 3.05) is 14.2 Å². The Labute approximate surface area is 172 Å². The fourth-order valence-electron chi connectivity index (χ4n) is 3.92. The molecular weight excluding hydrogens is 344 g/mol. The highest BCUT2D eigenvalue weighted by atomic mass is 16.5. The maximum Gasteiger partial charge on any atom is 0.123 e. The fraction of sp³-hybridized carbons (Fsp3) is 0.538. The Bertz CT molecular complexity index is 641. The summed E-state index contributed by atoms with van der Waals surface area (Å²) in [6.07, 6.45) is 7.13. The van der Waals surface area contributed by atoms with E-state index in [0.717, 1.165) is 24.0 Å². The standard InChI is InChI=1S/C26H38O2/c1-7-9-11-21-13-17-23(18-14-21)25(3,27-5)26(4,28-6)24-19-15-22(16-20-24)12-10-8-2/h13-20H,7-12H2,1-6H3. The molecule has 2 aromatic rings. The van der Waals surface area contributed by atoms with Gasteiger partial charge in [-0.25, -0.2) is 0 Å². The molecule has 154 valence electrons. The molecule has 0 aliphatic heterocycles. The third-order valence-corrected chi connectivity index (χ3v) is 6.37. The lowest BCUT2D eigenvalue weighted by molar-refractivity contribution is -0.180. The van der Waals surface area contributed by atoms with Crippen molar-refractivity contribution in [3.05, 3.63) is 70.8 Å². The highest BCUT2D eigenvalue weighted by Crippen LogP contribution is 2.45. The molecule has 0 aliphatic rings. The molecule has 2 nitrogen and oxygen atoms in total. The molecule has 0 spiro atoms. The van der Waals surface area contributed by atoms with Crippen molar-refractivity contribution >= 4 is 0 Å². The van der Waals surface area contributed by atoms with Gasteiger partial charge in [0.05, 0.1) is 0 Å². The molecule has 0 radical (unpaired) electrons. The lowest BCUT2D eigenvalue weighted by atomic mass is 9.75. The Kier molecular flexibility index (Phi) is 8.27. The van der Waals surface area contributed by atoms with Gasteiger partial charge >= 0.3 is 0 Å². The second-order valence-corrected chi connectivity index (χ2v) is 8.08. The third kappa shape index (κ3) is 4.67. The van der Waals surface area contributed by atoms with Gasteiger partial charge in [-0.3, -0.25) is 0 Å². The summed E-state index contributed by atoms with van der Waals surface area (Å²) in [6, 6.07) is 17.7. The van der Waals surface area contributed by atoms with E-state index in [1.165, 1.54) is 36.8 Å². The minimum Gasteiger partial charge on any atom is -0.370 e. The van der Waals surface area contributed by atoms with Crippen molar-refractivity contribution in [3.63, 3.8) is 0 Å². The number of methoxy groups -OCH3 is 2. The zero-order valence-corrected chi connectivity index (χ0v) is 18.7. The fourth-order valence-corrected chi connectivity index (χ4v) is 3.92. The number of unbranched alkanes of at least 4 members (excludes halogenated alkanes) is 2. The van der Waals surface area contributed by atoms with Gasteiger partial charge < -0.3 is 9.47 Å². The van der Waals surface area contributed by atoms with Crippen LogP contribution in [0.2, 0.25) is 0 Å². The van der Waals surface area contributed by atoms with Gasteiger partial charge in [0.1, 0.15) is 11.2 Å². The molecule has 2 unspecified atom stereocenters. The van der Waals surface area contributed by atoms with E-state index in [4.69, 9.17) is 9.47 Å². The summed E-state index contributed by atoms with van der Waals surface area (Å²) in [5.41, 5.74) is 3.82. The van der Waals surface area contributed by atoms with Gasteiger partial charge in [0.15, 0.2) is 0 Å². The Morgan fingerprint density at radius 1 is 0.607 bits per heavy atom. The van der Waals surface area contributed by atoms with Crippen LogP contribution in [-0.2, 0) is 33.5 Å². The van der Waals surface area contributed by atoms with Crippen LogP contribution in [0.1, 0.15) is 75.6 Å². The molecule has 0 fully saturated rings. The van der Waals surface area contributed by atoms with E-state index in [-0.39, 0.29) is 0 Å². The molecule has 0 bridgehead atoms. The molecule has 2 atom stereocenters. The first-order chi connectivity index (χ1) is 13.4. The van der Waals surface area contributed by atoms with Crippen molar-refractivity contribution in [3.8, 4) is 0 Å². The van der Waals surface area contributed by atoms with E-state index >= 15 is 0 Å². The SMILES string of the molecule is CCCCc1ccc(C(C)(OC)C(C)(OC)c2ccc(CCCC)cc2)cc1. The van der Waals surface area contributed by atoms with Crippen molar-refractivity contribution in [2.45, 2.75) is 77.4 Å². The van der Waals surface area contributed by atoms with Crippen LogP contribution in [0.3, 0.4) is 0 Å². The molecule has 0 N–H and O–H groups in total. The predicted molar refractivity (Wildman–Crippen MR) is 119 cm³/mol. The highest BCUT2D eigenvalue weighted by molar-refractivity contribution is 5.36. The van der Waals surface area contributed by atoms with Crippen molar-refractivity contribution in [1.29, 1.82) is 0 Å². The molecular formula is C26H38O2. The normalized spacial score (nSPS) is 15.8. The molecule has 2 aromatic carbocycles. The molecule has 0 aliphatic carbocycles. The summed E-state index contributed by atoms with van der Waals surface area (Å²) in [5.74, 6) is 0. The highest BCUT2D eigenvalue weighted by Gasteiger charge is 2.48. The molecule has 0 aromatic heterocycles. The second kappa shape index (κ2) is 10.2. The van der Waals surface area contributed by atoms with Gasteiger partial charge in [-0.05, 0) is 61.8 Å². The lowest BCUT2D eigenvalue weighted by Gasteiger charge is -2.45. The minimum atomic E-state index is -0.601. The van der Waals surface area contributed by atoms with E-state index < -0.39 is 11.2 Å². The smallest absolute Gasteiger partial charge is 0.123 e. The molecule has 0 saturated heterocycles. The third-order valence-electron chi connectivity index (χ3n) is 6.37. The van der Waals surface area contributed by atoms with Gasteiger partial charge in [0.25, 0.3) is 0 Å². The maximum absolute atomic E-state index is 6.13. The number of ether oxygens (including phenoxy) is 2. The van der Waals surface area contributed by atoms with E-state index in [1.807, 2.05) is 0 Å². The Morgan fingerprint density at radius 3 is 1.18 bits per heavy atom. The van der Waals surface area contributed by atoms with Crippen LogP contribution in [0, 0.1) is 0 Å². The maximum atomic E-state index is 6.13. The van der Waals surface area contributed by atoms with Gasteiger partial charge in [0, 0.05) is 14.2 Å². The molecule has 28 heavy (non-hydrogen) atoms. The van der Waals surface area contributed by atoms with Crippen LogP contribution < -0.4 is 0 Å². The van der Waals surface area contributed by atoms with E-state index in [0.29, 0.717) is 0 Å². The molecule has 0 heterocycles. The number of hydrogen-bond donors (Lipinski definition) is 0. The molecule has 0 amide bonds. The summed E-state index contributed by atoms with van der Waals surface area (Å²) in [6.45, 7) is 8.72. The Hall–Kier alpha value is -1.64. The summed E-state index contributed by atoms with van der Waals surface area (Å²) < 4.78 is 12.3. The van der Waals surface area contributed by atoms with E-state index in [9.17, 15) is 0 Å². The first-order valence-corrected chi connectivity index (χ1v) is 10.7. The molecule has 0 saturated carbocycles. The van der Waals surface area contributed by atoms with Crippen LogP contribution in [0.15, 0.2) is 48.5 Å². The average molecular weight is 383 g/mol. The van der Waals surface area contributed by atoms with Crippen LogP contribution >= 0.6 is 0 Å². The zero-order valence-electron chi connectivity index (χ0n) is 18.7. The van der Waals surface area contributed by atoms with Gasteiger partial charge in [-0.2, -0.15) is 0 Å². The van der Waals surface area contributed by atoms with Crippen LogP contribution in [0.5, 0.6) is 0 Å². The monoisotopic (exact) mass is 382 g/mol. The van der Waals surface area contributed by atoms with Crippen LogP contribution in [-0.4, -0.2) is 14.2 Å². The predicted octanol–water partition coefficient (Wildman–Crippen LogP) is 6.80. The summed E-state index contributed by atoms with van der Waals surface area (Å²) in [7, 11) is 3.55. The van der Waals surface area contributed by atoms with Gasteiger partial charge in [-0.15, -0.1) is 0 Å². The number of benzene rings is 2. The van der Waals surface area contributed by atoms with Crippen LogP contribution in [0.4, 0.5) is 0 Å². The summed E-state index contributed by atoms with van der Waals surface area (Å²) in [5, 5.41) is 0. The van der Waals surface area contributed by atoms with Crippen molar-refractivity contribution in [1.82, 2.24) is 0 Å². The molecule has 2 heteroatoms. The second-order valence-electron chi connectivity index (χ2n) is 8.08. The summed E-state index contributed by atoms with van der Waals surface area (Å²) in [4.78, 5) is 0. The van der Waals surface area contributed by atoms with Gasteiger partial charge in [-0.1, -0.05) is 75.2 Å². The quantitative estimate of drug-likeness (QED) is 0.426. The van der Waals surface area contributed by atoms with Crippen molar-refractivity contribution in [2.24, 2.45) is 0 Å². The van der Waals surface area contributed by atoms with E-state index in [2.05, 4.69) is 76.2 Å². The number of aryl methyl sites for hydroxylation is 2. The zero-order chi connectivity index (χ0) is 20.6. The van der Waals surface area contributed by atoms with Gasteiger partial charge in [0.2, 0.25) is 0 Å². The lowest BCUT2D eigenvalue weighted by Crippen LogP contribution is -2.48. The van der Waals surface area contributed by atoms with Crippen molar-refractivity contribution < 1.29 is 9.47 Å². The first-order valence-electron chi connectivity index (χ1n) is 10.7. The van der Waals surface area contributed by atoms with Crippen LogP contribution in [0.25, 0.3) is 0 Å². The molecule has 2 rings (SSSR count). The Balaban J connectivity index is 2.36. The number of rotatable bonds is 11. The topological polar surface area (TPSA) is 18.5 Å². The first kappa shape index (κ1) is 22.6. The average Bonchev–Trinajstić information content (AvgIpc) is 2.75. The summed E-state index contributed by atoms with van der Waals surface area (Å²) >= 11 is 0. The number of hydrogen-bond acceptors (Lipinski definition) is 2. The minimum absolute atomic E-state index is 0.601. The van der Waals surface area contributed by atoms with E-state index in [1.54, 1.807) is 14.2 Å². The largest absolute Gasteiger partial charge is 0.370 e. The Morgan fingerprint density at radius 2 is 0.929 bits per heavy atom.